The van der Waals surface area contributed by atoms with Crippen molar-refractivity contribution < 1.29 is 13.2 Å². The van der Waals surface area contributed by atoms with Crippen LogP contribution in [0.5, 0.6) is 5.75 Å². The highest BCUT2D eigenvalue weighted by Gasteiger charge is 2.26. The molecule has 0 spiro atoms. The minimum absolute atomic E-state index is 0.0525. The van der Waals surface area contributed by atoms with Crippen LogP contribution < -0.4 is 9.46 Å². The van der Waals surface area contributed by atoms with Crippen LogP contribution in [-0.2, 0) is 10.0 Å². The highest BCUT2D eigenvalue weighted by molar-refractivity contribution is 7.89. The second-order valence-electron chi connectivity index (χ2n) is 5.67. The van der Waals surface area contributed by atoms with E-state index in [1.165, 1.54) is 0 Å². The number of rotatable bonds is 4. The van der Waals surface area contributed by atoms with Gasteiger partial charge in [0.2, 0.25) is 10.0 Å². The average molecular weight is 317 g/mol. The maximum atomic E-state index is 12.5. The molecule has 0 radical (unpaired) electrons. The first-order chi connectivity index (χ1) is 10.5. The van der Waals surface area contributed by atoms with Crippen molar-refractivity contribution in [3.63, 3.8) is 0 Å². The highest BCUT2D eigenvalue weighted by Crippen LogP contribution is 2.33. The molecule has 1 unspecified atom stereocenters. The molecule has 116 valence electrons. The second-order valence-corrected chi connectivity index (χ2v) is 7.40. The van der Waals surface area contributed by atoms with Crippen LogP contribution in [0.4, 0.5) is 0 Å². The smallest absolute Gasteiger partial charge is 0.240 e. The van der Waals surface area contributed by atoms with Crippen molar-refractivity contribution in [3.8, 4) is 5.75 Å². The van der Waals surface area contributed by atoms with Crippen molar-refractivity contribution in [2.45, 2.75) is 24.7 Å². The first-order valence-corrected chi connectivity index (χ1v) is 8.74. The van der Waals surface area contributed by atoms with E-state index in [0.717, 1.165) is 22.4 Å². The van der Waals surface area contributed by atoms with Gasteiger partial charge in [0.1, 0.15) is 5.75 Å². The summed E-state index contributed by atoms with van der Waals surface area (Å²) in [6, 6.07) is 13.1. The first kappa shape index (κ1) is 15.1. The Balaban J connectivity index is 1.76. The zero-order chi connectivity index (χ0) is 15.7. The van der Waals surface area contributed by atoms with Gasteiger partial charge in [0, 0.05) is 18.0 Å². The molecule has 0 bridgehead atoms. The Morgan fingerprint density at radius 1 is 1.18 bits per heavy atom. The molecule has 4 nitrogen and oxygen atoms in total. The van der Waals surface area contributed by atoms with E-state index >= 15 is 0 Å². The van der Waals surface area contributed by atoms with E-state index in [9.17, 15) is 8.42 Å². The molecule has 1 aliphatic heterocycles. The molecule has 2 aromatic rings. The molecule has 3 rings (SSSR count). The van der Waals surface area contributed by atoms with Crippen LogP contribution in [0, 0.1) is 13.8 Å². The largest absolute Gasteiger partial charge is 0.493 e. The van der Waals surface area contributed by atoms with E-state index in [0.29, 0.717) is 18.0 Å². The zero-order valence-electron chi connectivity index (χ0n) is 12.7. The van der Waals surface area contributed by atoms with Crippen molar-refractivity contribution in [2.24, 2.45) is 0 Å². The van der Waals surface area contributed by atoms with Crippen LogP contribution >= 0.6 is 0 Å². The normalized spacial score (nSPS) is 17.1. The standard InChI is InChI=1S/C17H19NO3S/c1-12-7-8-17(13(2)9-12)22(19,20)18-10-14-11-21-16-6-4-3-5-15(14)16/h3-9,14,18H,10-11H2,1-2H3. The van der Waals surface area contributed by atoms with E-state index < -0.39 is 10.0 Å². The zero-order valence-corrected chi connectivity index (χ0v) is 13.5. The lowest BCUT2D eigenvalue weighted by atomic mass is 10.0. The van der Waals surface area contributed by atoms with Gasteiger partial charge in [0.25, 0.3) is 0 Å². The maximum Gasteiger partial charge on any atom is 0.240 e. The summed E-state index contributed by atoms with van der Waals surface area (Å²) in [6.45, 7) is 4.61. The second kappa shape index (κ2) is 5.74. The molecule has 0 saturated carbocycles. The summed E-state index contributed by atoms with van der Waals surface area (Å²) in [6.07, 6.45) is 0. The van der Waals surface area contributed by atoms with E-state index in [1.807, 2.05) is 50.2 Å². The molecule has 1 heterocycles. The van der Waals surface area contributed by atoms with Gasteiger partial charge in [-0.1, -0.05) is 35.9 Å². The van der Waals surface area contributed by atoms with Gasteiger partial charge in [-0.05, 0) is 31.5 Å². The van der Waals surface area contributed by atoms with Crippen LogP contribution in [0.15, 0.2) is 47.4 Å². The Labute approximate surface area is 131 Å². The molecule has 0 aromatic heterocycles. The molecule has 0 amide bonds. The molecular formula is C17H19NO3S. The first-order valence-electron chi connectivity index (χ1n) is 7.26. The number of hydrogen-bond donors (Lipinski definition) is 1. The molecule has 22 heavy (non-hydrogen) atoms. The SMILES string of the molecule is Cc1ccc(S(=O)(=O)NCC2COc3ccccc32)c(C)c1. The van der Waals surface area contributed by atoms with Gasteiger partial charge in [-0.15, -0.1) is 0 Å². The van der Waals surface area contributed by atoms with Crippen LogP contribution in [0.25, 0.3) is 0 Å². The molecule has 2 aromatic carbocycles. The summed E-state index contributed by atoms with van der Waals surface area (Å²) in [5.41, 5.74) is 2.87. The Hall–Kier alpha value is -1.85. The molecule has 0 saturated heterocycles. The fraction of sp³-hybridized carbons (Fsp3) is 0.294. The van der Waals surface area contributed by atoms with Crippen molar-refractivity contribution in [3.05, 3.63) is 59.2 Å². The number of para-hydroxylation sites is 1. The van der Waals surface area contributed by atoms with Gasteiger partial charge < -0.3 is 4.74 Å². The van der Waals surface area contributed by atoms with Gasteiger partial charge in [-0.25, -0.2) is 13.1 Å². The van der Waals surface area contributed by atoms with Gasteiger partial charge in [-0.3, -0.25) is 0 Å². The summed E-state index contributed by atoms with van der Waals surface area (Å²) in [5, 5.41) is 0. The molecule has 1 atom stereocenters. The van der Waals surface area contributed by atoms with Crippen molar-refractivity contribution >= 4 is 10.0 Å². The lowest BCUT2D eigenvalue weighted by Gasteiger charge is -2.13. The van der Waals surface area contributed by atoms with Gasteiger partial charge >= 0.3 is 0 Å². The Morgan fingerprint density at radius 2 is 1.95 bits per heavy atom. The van der Waals surface area contributed by atoms with Crippen LogP contribution in [0.3, 0.4) is 0 Å². The fourth-order valence-electron chi connectivity index (χ4n) is 2.79. The van der Waals surface area contributed by atoms with Crippen LogP contribution in [-0.4, -0.2) is 21.6 Å². The summed E-state index contributed by atoms with van der Waals surface area (Å²) >= 11 is 0. The summed E-state index contributed by atoms with van der Waals surface area (Å²) < 4.78 is 33.3. The average Bonchev–Trinajstić information content (AvgIpc) is 2.88. The number of ether oxygens (including phenoxy) is 1. The van der Waals surface area contributed by atoms with E-state index in [2.05, 4.69) is 4.72 Å². The van der Waals surface area contributed by atoms with Crippen molar-refractivity contribution in [1.82, 2.24) is 4.72 Å². The Morgan fingerprint density at radius 3 is 2.73 bits per heavy atom. The van der Waals surface area contributed by atoms with Gasteiger partial charge in [-0.2, -0.15) is 0 Å². The maximum absolute atomic E-state index is 12.5. The molecule has 0 fully saturated rings. The van der Waals surface area contributed by atoms with Gasteiger partial charge in [0.05, 0.1) is 11.5 Å². The third kappa shape index (κ3) is 2.87. The van der Waals surface area contributed by atoms with Crippen molar-refractivity contribution in [2.75, 3.05) is 13.2 Å². The summed E-state index contributed by atoms with van der Waals surface area (Å²) in [7, 11) is -3.50. The van der Waals surface area contributed by atoms with Gasteiger partial charge in [0.15, 0.2) is 0 Å². The predicted octanol–water partition coefficient (Wildman–Crippen LogP) is 2.76. The fourth-order valence-corrected chi connectivity index (χ4v) is 4.09. The van der Waals surface area contributed by atoms with E-state index in [1.54, 1.807) is 6.07 Å². The molecule has 1 aliphatic rings. The number of fused-ring (bicyclic) bond motifs is 1. The lowest BCUT2D eigenvalue weighted by Crippen LogP contribution is -2.29. The topological polar surface area (TPSA) is 55.4 Å². The summed E-state index contributed by atoms with van der Waals surface area (Å²) in [5.74, 6) is 0.898. The molecular weight excluding hydrogens is 298 g/mol. The third-order valence-electron chi connectivity index (χ3n) is 3.94. The Kier molecular flexibility index (Phi) is 3.93. The number of benzene rings is 2. The lowest BCUT2D eigenvalue weighted by molar-refractivity contribution is 0.330. The number of sulfonamides is 1. The number of hydrogen-bond acceptors (Lipinski definition) is 3. The van der Waals surface area contributed by atoms with Crippen LogP contribution in [0.1, 0.15) is 22.6 Å². The molecule has 1 N–H and O–H groups in total. The molecule has 0 aliphatic carbocycles. The predicted molar refractivity (Wildman–Crippen MR) is 85.8 cm³/mol. The van der Waals surface area contributed by atoms with E-state index in [-0.39, 0.29) is 5.92 Å². The minimum atomic E-state index is -3.50. The van der Waals surface area contributed by atoms with Crippen molar-refractivity contribution in [1.29, 1.82) is 0 Å². The third-order valence-corrected chi connectivity index (χ3v) is 5.52. The Bertz CT molecular complexity index is 799. The summed E-state index contributed by atoms with van der Waals surface area (Å²) in [4.78, 5) is 0.338. The highest BCUT2D eigenvalue weighted by atomic mass is 32.2. The number of nitrogens with one attached hydrogen (secondary N) is 1. The number of aryl methyl sites for hydroxylation is 2. The molecule has 5 heteroatoms. The quantitative estimate of drug-likeness (QED) is 0.943. The monoisotopic (exact) mass is 317 g/mol. The van der Waals surface area contributed by atoms with Crippen LogP contribution in [0.2, 0.25) is 0 Å². The minimum Gasteiger partial charge on any atom is -0.493 e. The van der Waals surface area contributed by atoms with E-state index in [4.69, 9.17) is 4.74 Å².